The van der Waals surface area contributed by atoms with Crippen molar-refractivity contribution in [1.29, 1.82) is 0 Å². The normalized spacial score (nSPS) is 21.3. The SMILES string of the molecule is O=C1C(=Cc2cn(-c3ccccc3)nc2-c2ccc(Br)cc2)SC(=S)N1C1CCS(=O)(=O)C1. The van der Waals surface area contributed by atoms with Crippen molar-refractivity contribution in [3.05, 3.63) is 75.7 Å². The highest BCUT2D eigenvalue weighted by molar-refractivity contribution is 9.10. The minimum absolute atomic E-state index is 0.0389. The lowest BCUT2D eigenvalue weighted by atomic mass is 10.1. The Hall–Kier alpha value is -2.27. The number of sulfone groups is 1. The Labute approximate surface area is 209 Å². The molecule has 168 valence electrons. The van der Waals surface area contributed by atoms with E-state index in [0.717, 1.165) is 27.0 Å². The zero-order valence-corrected chi connectivity index (χ0v) is 21.3. The topological polar surface area (TPSA) is 72.3 Å². The van der Waals surface area contributed by atoms with Crippen molar-refractivity contribution >= 4 is 66.1 Å². The Bertz CT molecular complexity index is 1380. The van der Waals surface area contributed by atoms with Gasteiger partial charge in [0.25, 0.3) is 5.91 Å². The third-order valence-electron chi connectivity index (χ3n) is 5.56. The predicted octanol–water partition coefficient (Wildman–Crippen LogP) is 4.69. The number of carbonyl (C=O) groups excluding carboxylic acids is 1. The Kier molecular flexibility index (Phi) is 6.02. The van der Waals surface area contributed by atoms with Crippen LogP contribution >= 0.6 is 39.9 Å². The van der Waals surface area contributed by atoms with Crippen LogP contribution in [0.5, 0.6) is 0 Å². The third-order valence-corrected chi connectivity index (χ3v) is 9.17. The highest BCUT2D eigenvalue weighted by atomic mass is 79.9. The number of para-hydroxylation sites is 1. The predicted molar refractivity (Wildman–Crippen MR) is 139 cm³/mol. The van der Waals surface area contributed by atoms with Crippen molar-refractivity contribution in [1.82, 2.24) is 14.7 Å². The summed E-state index contributed by atoms with van der Waals surface area (Å²) in [5.74, 6) is -0.199. The summed E-state index contributed by atoms with van der Waals surface area (Å²) < 4.78 is 27.0. The first-order valence-corrected chi connectivity index (χ1v) is 14.0. The summed E-state index contributed by atoms with van der Waals surface area (Å²) in [6.45, 7) is 0. The first-order chi connectivity index (χ1) is 15.8. The average Bonchev–Trinajstić information content (AvgIpc) is 3.45. The fourth-order valence-corrected chi connectivity index (χ4v) is 7.31. The molecule has 1 unspecified atom stereocenters. The molecule has 1 amide bonds. The van der Waals surface area contributed by atoms with Gasteiger partial charge in [-0.15, -0.1) is 0 Å². The van der Waals surface area contributed by atoms with E-state index in [1.54, 1.807) is 10.8 Å². The number of benzene rings is 2. The molecule has 0 bridgehead atoms. The molecule has 3 aromatic rings. The molecular weight excluding hydrogens is 542 g/mol. The van der Waals surface area contributed by atoms with Crippen LogP contribution in [0.25, 0.3) is 23.0 Å². The second-order valence-electron chi connectivity index (χ2n) is 7.83. The molecule has 1 aromatic heterocycles. The fourth-order valence-electron chi connectivity index (χ4n) is 3.95. The van der Waals surface area contributed by atoms with Crippen LogP contribution in [0.3, 0.4) is 0 Å². The van der Waals surface area contributed by atoms with Gasteiger partial charge in [-0.05, 0) is 36.8 Å². The molecule has 0 N–H and O–H groups in total. The van der Waals surface area contributed by atoms with Crippen molar-refractivity contribution < 1.29 is 13.2 Å². The van der Waals surface area contributed by atoms with Crippen LogP contribution in [0.2, 0.25) is 0 Å². The Morgan fingerprint density at radius 2 is 1.85 bits per heavy atom. The van der Waals surface area contributed by atoms with Crippen LogP contribution < -0.4 is 0 Å². The van der Waals surface area contributed by atoms with E-state index < -0.39 is 15.9 Å². The maximum atomic E-state index is 13.2. The number of hydrogen-bond acceptors (Lipinski definition) is 6. The standard InChI is InChI=1S/C23H18BrN3O3S3/c24-17-8-6-15(7-9-17)21-16(13-26(25-21)18-4-2-1-3-5-18)12-20-22(28)27(23(31)32-20)19-10-11-33(29,30)14-19/h1-9,12-13,19H,10-11,14H2. The van der Waals surface area contributed by atoms with Crippen molar-refractivity contribution in [2.45, 2.75) is 12.5 Å². The Balaban J connectivity index is 1.54. The number of thioether (sulfide) groups is 1. The van der Waals surface area contributed by atoms with Gasteiger partial charge in [-0.1, -0.05) is 70.2 Å². The summed E-state index contributed by atoms with van der Waals surface area (Å²) in [4.78, 5) is 15.1. The van der Waals surface area contributed by atoms with Crippen LogP contribution in [0.15, 0.2) is 70.2 Å². The smallest absolute Gasteiger partial charge is 0.266 e. The molecule has 2 aliphatic heterocycles. The second-order valence-corrected chi connectivity index (χ2v) is 12.6. The van der Waals surface area contributed by atoms with Crippen molar-refractivity contribution in [3.8, 4) is 16.9 Å². The van der Waals surface area contributed by atoms with Gasteiger partial charge in [-0.2, -0.15) is 5.10 Å². The van der Waals surface area contributed by atoms with Crippen LogP contribution in [0.1, 0.15) is 12.0 Å². The number of nitrogens with zero attached hydrogens (tertiary/aromatic N) is 3. The molecule has 2 aliphatic rings. The van der Waals surface area contributed by atoms with E-state index in [2.05, 4.69) is 15.9 Å². The number of carbonyl (C=O) groups is 1. The summed E-state index contributed by atoms with van der Waals surface area (Å²) in [5, 5.41) is 4.79. The molecule has 6 nitrogen and oxygen atoms in total. The maximum absolute atomic E-state index is 13.2. The number of thiocarbonyl (C=S) groups is 1. The minimum Gasteiger partial charge on any atom is -0.289 e. The van der Waals surface area contributed by atoms with Gasteiger partial charge in [-0.3, -0.25) is 9.69 Å². The van der Waals surface area contributed by atoms with Crippen LogP contribution in [0, 0.1) is 0 Å². The summed E-state index contributed by atoms with van der Waals surface area (Å²) >= 11 is 10.1. The van der Waals surface area contributed by atoms with Crippen molar-refractivity contribution in [2.24, 2.45) is 0 Å². The van der Waals surface area contributed by atoms with Gasteiger partial charge in [-0.25, -0.2) is 13.1 Å². The number of hydrogen-bond donors (Lipinski definition) is 0. The summed E-state index contributed by atoms with van der Waals surface area (Å²) in [7, 11) is -3.13. The number of aromatic nitrogens is 2. The number of halogens is 1. The summed E-state index contributed by atoms with van der Waals surface area (Å²) in [6.07, 6.45) is 4.10. The summed E-state index contributed by atoms with van der Waals surface area (Å²) in [6, 6.07) is 17.2. The highest BCUT2D eigenvalue weighted by Crippen LogP contribution is 2.37. The van der Waals surface area contributed by atoms with Crippen molar-refractivity contribution in [3.63, 3.8) is 0 Å². The summed E-state index contributed by atoms with van der Waals surface area (Å²) in [5.41, 5.74) is 3.33. The molecule has 0 aliphatic carbocycles. The fraction of sp³-hybridized carbons (Fsp3) is 0.174. The first-order valence-electron chi connectivity index (χ1n) is 10.2. The lowest BCUT2D eigenvalue weighted by Gasteiger charge is -2.20. The third kappa shape index (κ3) is 4.57. The molecular formula is C23H18BrN3O3S3. The molecule has 5 rings (SSSR count). The van der Waals surface area contributed by atoms with Gasteiger partial charge in [0.15, 0.2) is 9.84 Å². The molecule has 33 heavy (non-hydrogen) atoms. The first kappa shape index (κ1) is 22.5. The molecule has 2 fully saturated rings. The highest BCUT2D eigenvalue weighted by Gasteiger charge is 2.42. The van der Waals surface area contributed by atoms with Gasteiger partial charge in [0, 0.05) is 21.8 Å². The van der Waals surface area contributed by atoms with E-state index in [1.807, 2.05) is 60.8 Å². The molecule has 2 saturated heterocycles. The largest absolute Gasteiger partial charge is 0.289 e. The van der Waals surface area contributed by atoms with Gasteiger partial charge in [0.05, 0.1) is 33.8 Å². The maximum Gasteiger partial charge on any atom is 0.266 e. The zero-order valence-electron chi connectivity index (χ0n) is 17.2. The molecule has 2 aromatic carbocycles. The molecule has 0 radical (unpaired) electrons. The molecule has 0 saturated carbocycles. The lowest BCUT2D eigenvalue weighted by Crippen LogP contribution is -2.39. The van der Waals surface area contributed by atoms with E-state index >= 15 is 0 Å². The van der Waals surface area contributed by atoms with E-state index in [1.165, 1.54) is 16.7 Å². The number of rotatable bonds is 4. The van der Waals surface area contributed by atoms with Gasteiger partial charge < -0.3 is 0 Å². The van der Waals surface area contributed by atoms with E-state index in [9.17, 15) is 13.2 Å². The van der Waals surface area contributed by atoms with E-state index in [4.69, 9.17) is 17.3 Å². The zero-order chi connectivity index (χ0) is 23.2. The van der Waals surface area contributed by atoms with Gasteiger partial charge in [0.2, 0.25) is 0 Å². The van der Waals surface area contributed by atoms with Crippen LogP contribution in [-0.4, -0.2) is 50.9 Å². The Morgan fingerprint density at radius 1 is 1.12 bits per heavy atom. The second kappa shape index (κ2) is 8.83. The van der Waals surface area contributed by atoms with Crippen molar-refractivity contribution in [2.75, 3.05) is 11.5 Å². The molecule has 1 atom stereocenters. The monoisotopic (exact) mass is 559 g/mol. The molecule has 10 heteroatoms. The quantitative estimate of drug-likeness (QED) is 0.341. The van der Waals surface area contributed by atoms with Gasteiger partial charge >= 0.3 is 0 Å². The molecule has 0 spiro atoms. The average molecular weight is 561 g/mol. The van der Waals surface area contributed by atoms with Gasteiger partial charge in [0.1, 0.15) is 4.32 Å². The Morgan fingerprint density at radius 3 is 2.52 bits per heavy atom. The number of amides is 1. The molecule has 3 heterocycles. The van der Waals surface area contributed by atoms with E-state index in [0.29, 0.717) is 15.6 Å². The van der Waals surface area contributed by atoms with Crippen LogP contribution in [0.4, 0.5) is 0 Å². The lowest BCUT2D eigenvalue weighted by molar-refractivity contribution is -0.123. The van der Waals surface area contributed by atoms with E-state index in [-0.39, 0.29) is 17.4 Å². The van der Waals surface area contributed by atoms with Crippen LogP contribution in [-0.2, 0) is 14.6 Å². The minimum atomic E-state index is -3.13.